The monoisotopic (exact) mass is 209 g/mol. The highest BCUT2D eigenvalue weighted by atomic mass is 16.5. The lowest BCUT2D eigenvalue weighted by Gasteiger charge is -2.07. The molecule has 0 amide bonds. The van der Waals surface area contributed by atoms with Gasteiger partial charge < -0.3 is 9.47 Å². The summed E-state index contributed by atoms with van der Waals surface area (Å²) in [7, 11) is 1.61. The van der Waals surface area contributed by atoms with Gasteiger partial charge in [-0.2, -0.15) is 0 Å². The maximum absolute atomic E-state index is 11.1. The van der Waals surface area contributed by atoms with Crippen LogP contribution in [-0.4, -0.2) is 31.1 Å². The maximum atomic E-state index is 11.1. The third-order valence-corrected chi connectivity index (χ3v) is 1.96. The molecule has 4 heteroatoms. The highest BCUT2D eigenvalue weighted by Gasteiger charge is 2.05. The Morgan fingerprint density at radius 1 is 1.47 bits per heavy atom. The molecule has 0 spiro atoms. The Morgan fingerprint density at radius 2 is 2.20 bits per heavy atom. The number of Topliss-reactive ketones (excluding diaryl/α,β-unsaturated/α-hetero) is 1. The maximum Gasteiger partial charge on any atom is 0.216 e. The lowest BCUT2D eigenvalue weighted by Crippen LogP contribution is -2.07. The van der Waals surface area contributed by atoms with Crippen LogP contribution in [0.15, 0.2) is 12.3 Å². The number of ketones is 1. The van der Waals surface area contributed by atoms with Gasteiger partial charge in [0.2, 0.25) is 5.88 Å². The summed E-state index contributed by atoms with van der Waals surface area (Å²) < 4.78 is 10.2. The molecule has 0 saturated carbocycles. The van der Waals surface area contributed by atoms with Crippen molar-refractivity contribution < 1.29 is 14.3 Å². The second-order valence-electron chi connectivity index (χ2n) is 3.24. The van der Waals surface area contributed by atoms with Gasteiger partial charge in [0, 0.05) is 24.4 Å². The lowest BCUT2D eigenvalue weighted by atomic mass is 10.1. The zero-order chi connectivity index (χ0) is 11.3. The first-order valence-corrected chi connectivity index (χ1v) is 4.74. The number of aromatic nitrogens is 1. The number of hydrogen-bond acceptors (Lipinski definition) is 4. The quantitative estimate of drug-likeness (QED) is 0.546. The average molecular weight is 209 g/mol. The van der Waals surface area contributed by atoms with Crippen LogP contribution in [0.5, 0.6) is 5.88 Å². The second kappa shape index (κ2) is 5.46. The van der Waals surface area contributed by atoms with E-state index in [-0.39, 0.29) is 5.78 Å². The third-order valence-electron chi connectivity index (χ3n) is 1.96. The highest BCUT2D eigenvalue weighted by molar-refractivity contribution is 5.93. The van der Waals surface area contributed by atoms with Crippen LogP contribution in [-0.2, 0) is 4.74 Å². The standard InChI is InChI=1S/C11H15NO3/c1-8-6-10(9(2)13)7-12-11(8)15-5-4-14-3/h6-7H,4-5H2,1-3H3. The smallest absolute Gasteiger partial charge is 0.216 e. The molecule has 1 aromatic heterocycles. The summed E-state index contributed by atoms with van der Waals surface area (Å²) in [5.41, 5.74) is 1.46. The predicted octanol–water partition coefficient (Wildman–Crippen LogP) is 1.62. The molecule has 1 aromatic rings. The van der Waals surface area contributed by atoms with Gasteiger partial charge in [0.1, 0.15) is 6.61 Å². The van der Waals surface area contributed by atoms with E-state index in [1.54, 1.807) is 13.2 Å². The summed E-state index contributed by atoms with van der Waals surface area (Å²) in [6.45, 7) is 4.36. The summed E-state index contributed by atoms with van der Waals surface area (Å²) in [6.07, 6.45) is 1.53. The van der Waals surface area contributed by atoms with Crippen molar-refractivity contribution in [1.29, 1.82) is 0 Å². The molecule has 0 aliphatic rings. The number of aryl methyl sites for hydroxylation is 1. The van der Waals surface area contributed by atoms with Gasteiger partial charge >= 0.3 is 0 Å². The first-order valence-electron chi connectivity index (χ1n) is 4.74. The molecule has 0 saturated heterocycles. The van der Waals surface area contributed by atoms with Crippen molar-refractivity contribution in [3.8, 4) is 5.88 Å². The number of ether oxygens (including phenoxy) is 2. The van der Waals surface area contributed by atoms with E-state index >= 15 is 0 Å². The zero-order valence-corrected chi connectivity index (χ0v) is 9.24. The number of rotatable bonds is 5. The van der Waals surface area contributed by atoms with Crippen LogP contribution in [0.1, 0.15) is 22.8 Å². The SMILES string of the molecule is COCCOc1ncc(C(C)=O)cc1C. The fourth-order valence-electron chi connectivity index (χ4n) is 1.13. The number of methoxy groups -OCH3 is 1. The molecule has 1 rings (SSSR count). The Hall–Kier alpha value is -1.42. The Labute approximate surface area is 89.2 Å². The van der Waals surface area contributed by atoms with Crippen LogP contribution in [0.3, 0.4) is 0 Å². The van der Waals surface area contributed by atoms with E-state index in [2.05, 4.69) is 4.98 Å². The molecule has 0 radical (unpaired) electrons. The van der Waals surface area contributed by atoms with E-state index in [0.717, 1.165) is 5.56 Å². The number of hydrogen-bond donors (Lipinski definition) is 0. The Kier molecular flexibility index (Phi) is 4.24. The summed E-state index contributed by atoms with van der Waals surface area (Å²) >= 11 is 0. The Balaban J connectivity index is 2.70. The van der Waals surface area contributed by atoms with Crippen LogP contribution in [0.2, 0.25) is 0 Å². The van der Waals surface area contributed by atoms with Gasteiger partial charge in [-0.25, -0.2) is 4.98 Å². The predicted molar refractivity (Wildman–Crippen MR) is 56.3 cm³/mol. The number of carbonyl (C=O) groups excluding carboxylic acids is 1. The molecule has 0 unspecified atom stereocenters. The van der Waals surface area contributed by atoms with E-state index in [4.69, 9.17) is 9.47 Å². The molecule has 4 nitrogen and oxygen atoms in total. The van der Waals surface area contributed by atoms with Gasteiger partial charge in [0.05, 0.1) is 6.61 Å². The first-order chi connectivity index (χ1) is 7.15. The molecule has 15 heavy (non-hydrogen) atoms. The zero-order valence-electron chi connectivity index (χ0n) is 9.24. The number of pyridine rings is 1. The summed E-state index contributed by atoms with van der Waals surface area (Å²) in [5.74, 6) is 0.561. The molecule has 0 aliphatic heterocycles. The van der Waals surface area contributed by atoms with Gasteiger partial charge in [0.15, 0.2) is 5.78 Å². The molecule has 0 fully saturated rings. The molecule has 1 heterocycles. The summed E-state index contributed by atoms with van der Waals surface area (Å²) in [4.78, 5) is 15.1. The average Bonchev–Trinajstić information content (AvgIpc) is 2.20. The topological polar surface area (TPSA) is 48.4 Å². The van der Waals surface area contributed by atoms with Gasteiger partial charge in [-0.3, -0.25) is 4.79 Å². The minimum atomic E-state index is 0.00837. The molecule has 0 aliphatic carbocycles. The van der Waals surface area contributed by atoms with E-state index in [1.807, 2.05) is 6.92 Å². The first kappa shape index (κ1) is 11.7. The van der Waals surface area contributed by atoms with Crippen molar-refractivity contribution in [2.75, 3.05) is 20.3 Å². The highest BCUT2D eigenvalue weighted by Crippen LogP contribution is 2.15. The molecular formula is C11H15NO3. The van der Waals surface area contributed by atoms with Gasteiger partial charge in [-0.15, -0.1) is 0 Å². The molecule has 0 N–H and O–H groups in total. The van der Waals surface area contributed by atoms with E-state index in [0.29, 0.717) is 24.7 Å². The largest absolute Gasteiger partial charge is 0.475 e. The van der Waals surface area contributed by atoms with E-state index in [9.17, 15) is 4.79 Å². The lowest BCUT2D eigenvalue weighted by molar-refractivity contribution is 0.101. The van der Waals surface area contributed by atoms with Crippen LogP contribution in [0, 0.1) is 6.92 Å². The van der Waals surface area contributed by atoms with Gasteiger partial charge in [-0.05, 0) is 19.9 Å². The van der Waals surface area contributed by atoms with Crippen molar-refractivity contribution in [2.45, 2.75) is 13.8 Å². The minimum absolute atomic E-state index is 0.00837. The van der Waals surface area contributed by atoms with Crippen molar-refractivity contribution in [3.63, 3.8) is 0 Å². The molecule has 0 atom stereocenters. The molecular weight excluding hydrogens is 194 g/mol. The third kappa shape index (κ3) is 3.32. The fourth-order valence-corrected chi connectivity index (χ4v) is 1.13. The second-order valence-corrected chi connectivity index (χ2v) is 3.24. The molecule has 82 valence electrons. The molecule has 0 bridgehead atoms. The van der Waals surface area contributed by atoms with Crippen molar-refractivity contribution in [3.05, 3.63) is 23.4 Å². The van der Waals surface area contributed by atoms with Crippen molar-refractivity contribution in [1.82, 2.24) is 4.98 Å². The van der Waals surface area contributed by atoms with Crippen LogP contribution >= 0.6 is 0 Å². The van der Waals surface area contributed by atoms with E-state index in [1.165, 1.54) is 13.1 Å². The van der Waals surface area contributed by atoms with Gasteiger partial charge in [0.25, 0.3) is 0 Å². The van der Waals surface area contributed by atoms with Gasteiger partial charge in [-0.1, -0.05) is 0 Å². The van der Waals surface area contributed by atoms with Crippen LogP contribution in [0.4, 0.5) is 0 Å². The molecule has 0 aromatic carbocycles. The number of carbonyl (C=O) groups is 1. The number of nitrogens with zero attached hydrogens (tertiary/aromatic N) is 1. The minimum Gasteiger partial charge on any atom is -0.475 e. The van der Waals surface area contributed by atoms with E-state index < -0.39 is 0 Å². The Bertz CT molecular complexity index is 350. The van der Waals surface area contributed by atoms with Crippen molar-refractivity contribution >= 4 is 5.78 Å². The van der Waals surface area contributed by atoms with Crippen LogP contribution in [0.25, 0.3) is 0 Å². The van der Waals surface area contributed by atoms with Crippen molar-refractivity contribution in [2.24, 2.45) is 0 Å². The summed E-state index contributed by atoms with van der Waals surface area (Å²) in [6, 6.07) is 1.78. The summed E-state index contributed by atoms with van der Waals surface area (Å²) in [5, 5.41) is 0. The Morgan fingerprint density at radius 3 is 2.73 bits per heavy atom. The normalized spacial score (nSPS) is 10.1. The fraction of sp³-hybridized carbons (Fsp3) is 0.455. The van der Waals surface area contributed by atoms with Crippen LogP contribution < -0.4 is 4.74 Å².